The number of hydrogen-bond acceptors (Lipinski definition) is 2. The molecular formula is C14H26N2O. The topological polar surface area (TPSA) is 46.3 Å². The summed E-state index contributed by atoms with van der Waals surface area (Å²) in [6, 6.07) is 0.555. The molecule has 98 valence electrons. The van der Waals surface area contributed by atoms with Crippen molar-refractivity contribution in [3.8, 4) is 0 Å². The first-order valence-corrected chi connectivity index (χ1v) is 7.14. The summed E-state index contributed by atoms with van der Waals surface area (Å²) in [7, 11) is 0. The number of carbonyl (C=O) groups is 1. The maximum absolute atomic E-state index is 12.3. The van der Waals surface area contributed by atoms with Gasteiger partial charge in [-0.3, -0.25) is 4.79 Å². The third-order valence-corrected chi connectivity index (χ3v) is 4.58. The number of piperidine rings is 1. The molecule has 2 fully saturated rings. The number of nitrogens with zero attached hydrogens (tertiary/aromatic N) is 1. The van der Waals surface area contributed by atoms with Crippen LogP contribution in [-0.2, 0) is 4.79 Å². The molecule has 2 rings (SSSR count). The molecule has 0 radical (unpaired) electrons. The van der Waals surface area contributed by atoms with E-state index >= 15 is 0 Å². The molecule has 0 aromatic heterocycles. The first-order chi connectivity index (χ1) is 8.09. The highest BCUT2D eigenvalue weighted by Gasteiger charge is 2.37. The number of nitrogens with two attached hydrogens (primary N) is 1. The van der Waals surface area contributed by atoms with Gasteiger partial charge < -0.3 is 10.6 Å². The standard InChI is InChI=1S/C14H26N2O/c1-10(2)12(15)9-14(17)16-8-4-6-11-5-3-7-13(11)16/h10-13H,3-9,15H2,1-2H3. The molecule has 0 bridgehead atoms. The number of amides is 1. The van der Waals surface area contributed by atoms with Crippen LogP contribution in [0.25, 0.3) is 0 Å². The lowest BCUT2D eigenvalue weighted by Crippen LogP contribution is -2.48. The molecule has 0 aromatic rings. The summed E-state index contributed by atoms with van der Waals surface area (Å²) in [5.74, 6) is 1.47. The maximum Gasteiger partial charge on any atom is 0.224 e. The highest BCUT2D eigenvalue weighted by atomic mass is 16.2. The average Bonchev–Trinajstić information content (AvgIpc) is 2.76. The van der Waals surface area contributed by atoms with E-state index in [1.807, 2.05) is 0 Å². The first-order valence-electron chi connectivity index (χ1n) is 7.14. The molecule has 1 heterocycles. The van der Waals surface area contributed by atoms with E-state index in [1.165, 1.54) is 32.1 Å². The molecule has 0 spiro atoms. The normalized spacial score (nSPS) is 30.5. The van der Waals surface area contributed by atoms with Crippen LogP contribution in [0.5, 0.6) is 0 Å². The van der Waals surface area contributed by atoms with Crippen LogP contribution in [0.4, 0.5) is 0 Å². The smallest absolute Gasteiger partial charge is 0.224 e. The number of likely N-dealkylation sites (tertiary alicyclic amines) is 1. The van der Waals surface area contributed by atoms with Gasteiger partial charge in [0.05, 0.1) is 0 Å². The molecule has 3 heteroatoms. The van der Waals surface area contributed by atoms with Crippen molar-refractivity contribution in [2.75, 3.05) is 6.54 Å². The number of hydrogen-bond donors (Lipinski definition) is 1. The summed E-state index contributed by atoms with van der Waals surface area (Å²) in [6.45, 7) is 5.14. The van der Waals surface area contributed by atoms with E-state index in [1.54, 1.807) is 0 Å². The van der Waals surface area contributed by atoms with Gasteiger partial charge in [0.15, 0.2) is 0 Å². The number of rotatable bonds is 3. The zero-order chi connectivity index (χ0) is 12.4. The average molecular weight is 238 g/mol. The summed E-state index contributed by atoms with van der Waals surface area (Å²) in [5, 5.41) is 0. The summed E-state index contributed by atoms with van der Waals surface area (Å²) in [4.78, 5) is 14.4. The molecule has 17 heavy (non-hydrogen) atoms. The lowest BCUT2D eigenvalue weighted by Gasteiger charge is -2.38. The van der Waals surface area contributed by atoms with Crippen molar-refractivity contribution >= 4 is 5.91 Å². The molecular weight excluding hydrogens is 212 g/mol. The van der Waals surface area contributed by atoms with Gasteiger partial charge in [0.1, 0.15) is 0 Å². The van der Waals surface area contributed by atoms with E-state index in [4.69, 9.17) is 5.73 Å². The van der Waals surface area contributed by atoms with Crippen LogP contribution in [-0.4, -0.2) is 29.4 Å². The predicted molar refractivity (Wildman–Crippen MR) is 69.5 cm³/mol. The molecule has 2 N–H and O–H groups in total. The van der Waals surface area contributed by atoms with Gasteiger partial charge in [-0.2, -0.15) is 0 Å². The second-order valence-corrected chi connectivity index (χ2v) is 6.10. The van der Waals surface area contributed by atoms with Gasteiger partial charge in [-0.25, -0.2) is 0 Å². The minimum absolute atomic E-state index is 0.0179. The third-order valence-electron chi connectivity index (χ3n) is 4.58. The zero-order valence-corrected chi connectivity index (χ0v) is 11.2. The van der Waals surface area contributed by atoms with E-state index in [0.29, 0.717) is 24.3 Å². The Hall–Kier alpha value is -0.570. The summed E-state index contributed by atoms with van der Waals surface area (Å²) < 4.78 is 0. The summed E-state index contributed by atoms with van der Waals surface area (Å²) in [6.07, 6.45) is 6.88. The van der Waals surface area contributed by atoms with Gasteiger partial charge in [0.2, 0.25) is 5.91 Å². The molecule has 1 aliphatic carbocycles. The van der Waals surface area contributed by atoms with Crippen LogP contribution < -0.4 is 5.73 Å². The molecule has 1 saturated heterocycles. The largest absolute Gasteiger partial charge is 0.339 e. The van der Waals surface area contributed by atoms with Gasteiger partial charge in [-0.05, 0) is 37.5 Å². The zero-order valence-electron chi connectivity index (χ0n) is 11.2. The highest BCUT2D eigenvalue weighted by Crippen LogP contribution is 2.37. The molecule has 1 aliphatic heterocycles. The Morgan fingerprint density at radius 2 is 2.00 bits per heavy atom. The molecule has 3 unspecified atom stereocenters. The van der Waals surface area contributed by atoms with Crippen LogP contribution in [0.2, 0.25) is 0 Å². The Bertz CT molecular complexity index is 277. The van der Waals surface area contributed by atoms with Gasteiger partial charge in [0.25, 0.3) is 0 Å². The predicted octanol–water partition coefficient (Wildman–Crippen LogP) is 2.15. The fourth-order valence-electron chi connectivity index (χ4n) is 3.32. The quantitative estimate of drug-likeness (QED) is 0.819. The van der Waals surface area contributed by atoms with Crippen LogP contribution >= 0.6 is 0 Å². The van der Waals surface area contributed by atoms with Crippen molar-refractivity contribution < 1.29 is 4.79 Å². The monoisotopic (exact) mass is 238 g/mol. The first kappa shape index (κ1) is 12.9. The van der Waals surface area contributed by atoms with Crippen molar-refractivity contribution in [1.29, 1.82) is 0 Å². The third kappa shape index (κ3) is 2.82. The van der Waals surface area contributed by atoms with Gasteiger partial charge in [-0.15, -0.1) is 0 Å². The second-order valence-electron chi connectivity index (χ2n) is 6.10. The van der Waals surface area contributed by atoms with E-state index in [0.717, 1.165) is 12.5 Å². The molecule has 1 amide bonds. The minimum atomic E-state index is 0.0179. The minimum Gasteiger partial charge on any atom is -0.339 e. The van der Waals surface area contributed by atoms with Gasteiger partial charge >= 0.3 is 0 Å². The van der Waals surface area contributed by atoms with Crippen molar-refractivity contribution in [3.05, 3.63) is 0 Å². The van der Waals surface area contributed by atoms with Gasteiger partial charge in [-0.1, -0.05) is 20.3 Å². The van der Waals surface area contributed by atoms with Crippen molar-refractivity contribution in [2.45, 2.75) is 64.5 Å². The van der Waals surface area contributed by atoms with Crippen molar-refractivity contribution in [1.82, 2.24) is 4.90 Å². The molecule has 3 atom stereocenters. The lowest BCUT2D eigenvalue weighted by atomic mass is 9.91. The molecule has 0 aromatic carbocycles. The van der Waals surface area contributed by atoms with E-state index in [-0.39, 0.29) is 6.04 Å². The van der Waals surface area contributed by atoms with Gasteiger partial charge in [0, 0.05) is 25.0 Å². The Labute approximate surface area is 105 Å². The second kappa shape index (κ2) is 5.38. The molecule has 3 nitrogen and oxygen atoms in total. The highest BCUT2D eigenvalue weighted by molar-refractivity contribution is 5.77. The van der Waals surface area contributed by atoms with Crippen LogP contribution in [0, 0.1) is 11.8 Å². The number of fused-ring (bicyclic) bond motifs is 1. The van der Waals surface area contributed by atoms with Crippen LogP contribution in [0.1, 0.15) is 52.4 Å². The fraction of sp³-hybridized carbons (Fsp3) is 0.929. The van der Waals surface area contributed by atoms with Crippen LogP contribution in [0.3, 0.4) is 0 Å². The lowest BCUT2D eigenvalue weighted by molar-refractivity contribution is -0.136. The van der Waals surface area contributed by atoms with Crippen molar-refractivity contribution in [3.63, 3.8) is 0 Å². The van der Waals surface area contributed by atoms with Crippen molar-refractivity contribution in [2.24, 2.45) is 17.6 Å². The summed E-state index contributed by atoms with van der Waals surface area (Å²) >= 11 is 0. The van der Waals surface area contributed by atoms with Crippen LogP contribution in [0.15, 0.2) is 0 Å². The Balaban J connectivity index is 1.94. The Morgan fingerprint density at radius 3 is 2.71 bits per heavy atom. The maximum atomic E-state index is 12.3. The Kier molecular flexibility index (Phi) is 4.08. The number of carbonyl (C=O) groups excluding carboxylic acids is 1. The van der Waals surface area contributed by atoms with E-state index in [2.05, 4.69) is 18.7 Å². The Morgan fingerprint density at radius 1 is 1.29 bits per heavy atom. The molecule has 2 aliphatic rings. The molecule has 1 saturated carbocycles. The van der Waals surface area contributed by atoms with E-state index < -0.39 is 0 Å². The fourth-order valence-corrected chi connectivity index (χ4v) is 3.32. The SMILES string of the molecule is CC(C)C(N)CC(=O)N1CCCC2CCCC21. The van der Waals surface area contributed by atoms with E-state index in [9.17, 15) is 4.79 Å². The summed E-state index contributed by atoms with van der Waals surface area (Å²) in [5.41, 5.74) is 6.01.